The van der Waals surface area contributed by atoms with Crippen molar-refractivity contribution in [3.05, 3.63) is 10.5 Å². The molecule has 1 spiro atoms. The first-order valence-corrected chi connectivity index (χ1v) is 7.40. The molecule has 2 aliphatic carbocycles. The molecule has 104 valence electrons. The molecule has 0 bridgehead atoms. The van der Waals surface area contributed by atoms with Gasteiger partial charge in [0.1, 0.15) is 0 Å². The highest BCUT2D eigenvalue weighted by Crippen LogP contribution is 2.46. The third kappa shape index (κ3) is 2.02. The van der Waals surface area contributed by atoms with Gasteiger partial charge in [-0.15, -0.1) is 0 Å². The maximum atomic E-state index is 12.1. The lowest BCUT2D eigenvalue weighted by atomic mass is 9.84. The molecule has 1 aliphatic heterocycles. The molecular formula is C13H20N4O2. The Bertz CT molecular complexity index is 525. The third-order valence-corrected chi connectivity index (χ3v) is 4.88. The molecule has 0 amide bonds. The van der Waals surface area contributed by atoms with Gasteiger partial charge in [-0.1, -0.05) is 12.8 Å². The van der Waals surface area contributed by atoms with Crippen molar-refractivity contribution in [3.63, 3.8) is 0 Å². The molecule has 1 aromatic heterocycles. The highest BCUT2D eigenvalue weighted by molar-refractivity contribution is 4.91. The molecule has 6 nitrogen and oxygen atoms in total. The van der Waals surface area contributed by atoms with E-state index < -0.39 is 0 Å². The Morgan fingerprint density at radius 1 is 1.26 bits per heavy atom. The summed E-state index contributed by atoms with van der Waals surface area (Å²) in [5.74, 6) is 0. The van der Waals surface area contributed by atoms with E-state index in [4.69, 9.17) is 4.74 Å². The van der Waals surface area contributed by atoms with Crippen LogP contribution in [0.25, 0.3) is 0 Å². The minimum atomic E-state index is -0.0709. The smallest absolute Gasteiger partial charge is 0.364 e. The van der Waals surface area contributed by atoms with Crippen molar-refractivity contribution in [2.75, 3.05) is 6.61 Å². The van der Waals surface area contributed by atoms with E-state index in [1.54, 1.807) is 0 Å². The Morgan fingerprint density at radius 2 is 2.05 bits per heavy atom. The molecule has 0 aromatic carbocycles. The zero-order chi connectivity index (χ0) is 12.9. The molecule has 1 atom stereocenters. The van der Waals surface area contributed by atoms with E-state index in [1.165, 1.54) is 35.0 Å². The minimum Gasteiger partial charge on any atom is -0.376 e. The second-order valence-electron chi connectivity index (χ2n) is 6.46. The van der Waals surface area contributed by atoms with Gasteiger partial charge in [0.05, 0.1) is 25.3 Å². The lowest BCUT2D eigenvalue weighted by Gasteiger charge is -2.19. The van der Waals surface area contributed by atoms with Gasteiger partial charge in [0.25, 0.3) is 0 Å². The molecule has 1 aromatic rings. The van der Waals surface area contributed by atoms with Crippen LogP contribution in [-0.4, -0.2) is 32.5 Å². The summed E-state index contributed by atoms with van der Waals surface area (Å²) in [6, 6.07) is 0.298. The van der Waals surface area contributed by atoms with Gasteiger partial charge in [-0.05, 0) is 47.9 Å². The number of tetrazole rings is 1. The standard InChI is InChI=1S/C13H20N4O2/c18-12-16(14-15-17(12)10-3-4-10)8-11-7-13(9-19-11)5-1-2-6-13/h10-11H,1-9H2. The Hall–Kier alpha value is -1.17. The first-order valence-electron chi connectivity index (χ1n) is 7.40. The Balaban J connectivity index is 1.46. The minimum absolute atomic E-state index is 0.0709. The number of hydrogen-bond donors (Lipinski definition) is 0. The summed E-state index contributed by atoms with van der Waals surface area (Å²) in [7, 11) is 0. The predicted molar refractivity (Wildman–Crippen MR) is 67.8 cm³/mol. The molecule has 4 rings (SSSR count). The monoisotopic (exact) mass is 264 g/mol. The topological polar surface area (TPSA) is 61.9 Å². The average molecular weight is 264 g/mol. The van der Waals surface area contributed by atoms with Gasteiger partial charge in [-0.3, -0.25) is 0 Å². The van der Waals surface area contributed by atoms with Gasteiger partial charge in [0.2, 0.25) is 0 Å². The van der Waals surface area contributed by atoms with Gasteiger partial charge in [-0.2, -0.15) is 9.36 Å². The van der Waals surface area contributed by atoms with Crippen molar-refractivity contribution in [2.24, 2.45) is 5.41 Å². The molecule has 2 heterocycles. The number of nitrogens with zero attached hydrogens (tertiary/aromatic N) is 4. The van der Waals surface area contributed by atoms with Gasteiger partial charge in [0, 0.05) is 0 Å². The molecule has 0 radical (unpaired) electrons. The first-order chi connectivity index (χ1) is 9.26. The summed E-state index contributed by atoms with van der Waals surface area (Å²) in [5.41, 5.74) is 0.333. The van der Waals surface area contributed by atoms with Crippen LogP contribution < -0.4 is 5.69 Å². The summed E-state index contributed by atoms with van der Waals surface area (Å²) in [5, 5.41) is 7.96. The van der Waals surface area contributed by atoms with Crippen molar-refractivity contribution in [1.29, 1.82) is 0 Å². The molecule has 3 fully saturated rings. The Morgan fingerprint density at radius 3 is 2.79 bits per heavy atom. The normalized spacial score (nSPS) is 29.4. The van der Waals surface area contributed by atoms with Crippen LogP contribution in [0.4, 0.5) is 0 Å². The highest BCUT2D eigenvalue weighted by atomic mass is 16.5. The van der Waals surface area contributed by atoms with Gasteiger partial charge >= 0.3 is 5.69 Å². The fourth-order valence-electron chi connectivity index (χ4n) is 3.63. The largest absolute Gasteiger partial charge is 0.376 e. The van der Waals surface area contributed by atoms with Crippen LogP contribution in [-0.2, 0) is 11.3 Å². The molecule has 2 saturated carbocycles. The number of ether oxygens (including phenoxy) is 1. The zero-order valence-electron chi connectivity index (χ0n) is 11.1. The second kappa shape index (κ2) is 4.16. The fourth-order valence-corrected chi connectivity index (χ4v) is 3.63. The third-order valence-electron chi connectivity index (χ3n) is 4.88. The fraction of sp³-hybridized carbons (Fsp3) is 0.923. The van der Waals surface area contributed by atoms with E-state index in [0.29, 0.717) is 18.0 Å². The summed E-state index contributed by atoms with van der Waals surface area (Å²) in [6.45, 7) is 1.43. The van der Waals surface area contributed by atoms with Crippen LogP contribution in [0.15, 0.2) is 4.79 Å². The molecule has 6 heteroatoms. The van der Waals surface area contributed by atoms with E-state index in [9.17, 15) is 4.79 Å². The Kier molecular flexibility index (Phi) is 2.55. The van der Waals surface area contributed by atoms with E-state index in [2.05, 4.69) is 10.4 Å². The van der Waals surface area contributed by atoms with E-state index in [0.717, 1.165) is 25.9 Å². The lowest BCUT2D eigenvalue weighted by Crippen LogP contribution is -2.29. The molecular weight excluding hydrogens is 244 g/mol. The maximum Gasteiger partial charge on any atom is 0.364 e. The molecule has 1 unspecified atom stereocenters. The van der Waals surface area contributed by atoms with Gasteiger partial charge in [0.15, 0.2) is 0 Å². The van der Waals surface area contributed by atoms with Gasteiger partial charge < -0.3 is 4.74 Å². The molecule has 1 saturated heterocycles. The lowest BCUT2D eigenvalue weighted by molar-refractivity contribution is 0.0809. The van der Waals surface area contributed by atoms with E-state index in [1.807, 2.05) is 0 Å². The van der Waals surface area contributed by atoms with Crippen LogP contribution in [0.1, 0.15) is 51.0 Å². The quantitative estimate of drug-likeness (QED) is 0.821. The SMILES string of the molecule is O=c1n(CC2CC3(CCCC3)CO2)nnn1C1CC1. The number of rotatable bonds is 3. The van der Waals surface area contributed by atoms with Gasteiger partial charge in [-0.25, -0.2) is 4.79 Å². The van der Waals surface area contributed by atoms with Crippen molar-refractivity contribution in [1.82, 2.24) is 19.8 Å². The molecule has 19 heavy (non-hydrogen) atoms. The van der Waals surface area contributed by atoms with Crippen LogP contribution >= 0.6 is 0 Å². The first kappa shape index (κ1) is 11.6. The Labute approximate surface area is 111 Å². The maximum absolute atomic E-state index is 12.1. The molecule has 0 N–H and O–H groups in total. The van der Waals surface area contributed by atoms with Crippen LogP contribution in [0.2, 0.25) is 0 Å². The van der Waals surface area contributed by atoms with E-state index >= 15 is 0 Å². The van der Waals surface area contributed by atoms with E-state index in [-0.39, 0.29) is 11.8 Å². The summed E-state index contributed by atoms with van der Waals surface area (Å²) in [4.78, 5) is 12.1. The summed E-state index contributed by atoms with van der Waals surface area (Å²) >= 11 is 0. The van der Waals surface area contributed by atoms with Crippen LogP contribution in [0, 0.1) is 5.41 Å². The number of aromatic nitrogens is 4. The second-order valence-corrected chi connectivity index (χ2v) is 6.46. The predicted octanol–water partition coefficient (Wildman–Crippen LogP) is 1.12. The zero-order valence-corrected chi connectivity index (χ0v) is 11.1. The summed E-state index contributed by atoms with van der Waals surface area (Å²) in [6.07, 6.45) is 8.56. The van der Waals surface area contributed by atoms with Crippen molar-refractivity contribution in [2.45, 2.75) is 63.6 Å². The van der Waals surface area contributed by atoms with Crippen molar-refractivity contribution >= 4 is 0 Å². The van der Waals surface area contributed by atoms with Crippen LogP contribution in [0.3, 0.4) is 0 Å². The average Bonchev–Trinajstić information content (AvgIpc) is 2.86. The molecule has 3 aliphatic rings. The summed E-state index contributed by atoms with van der Waals surface area (Å²) < 4.78 is 8.91. The van der Waals surface area contributed by atoms with Crippen LogP contribution in [0.5, 0.6) is 0 Å². The van der Waals surface area contributed by atoms with Crippen molar-refractivity contribution in [3.8, 4) is 0 Å². The highest BCUT2D eigenvalue weighted by Gasteiger charge is 2.42. The van der Waals surface area contributed by atoms with Crippen molar-refractivity contribution < 1.29 is 4.74 Å². The number of hydrogen-bond acceptors (Lipinski definition) is 4.